The Bertz CT molecular complexity index is 932. The third kappa shape index (κ3) is 2.75. The fourth-order valence-electron chi connectivity index (χ4n) is 4.69. The number of hydrogen-bond donors (Lipinski definition) is 0. The third-order valence-electron chi connectivity index (χ3n) is 6.24. The molecule has 7 heteroatoms. The molecule has 1 unspecified atom stereocenters. The number of methoxy groups -OCH3 is 1. The van der Waals surface area contributed by atoms with Crippen LogP contribution < -0.4 is 9.47 Å². The predicted molar refractivity (Wildman–Crippen MR) is 103 cm³/mol. The molecule has 0 bridgehead atoms. The SMILES string of the molecule is COc1cc(C(=O)N2CCc3nnn(C4CC(C)C4)c3C2)cc2c1OC(C)C2. The second-order valence-electron chi connectivity index (χ2n) is 8.43. The van der Waals surface area contributed by atoms with Crippen LogP contribution in [0.2, 0.25) is 0 Å². The van der Waals surface area contributed by atoms with E-state index in [-0.39, 0.29) is 12.0 Å². The van der Waals surface area contributed by atoms with E-state index in [0.29, 0.717) is 30.4 Å². The van der Waals surface area contributed by atoms with E-state index in [1.165, 1.54) is 0 Å². The summed E-state index contributed by atoms with van der Waals surface area (Å²) in [4.78, 5) is 15.2. The van der Waals surface area contributed by atoms with E-state index in [4.69, 9.17) is 9.47 Å². The highest BCUT2D eigenvalue weighted by atomic mass is 16.5. The van der Waals surface area contributed by atoms with Gasteiger partial charge in [-0.05, 0) is 37.8 Å². The monoisotopic (exact) mass is 382 g/mol. The molecule has 1 atom stereocenters. The van der Waals surface area contributed by atoms with Gasteiger partial charge in [-0.3, -0.25) is 4.79 Å². The Morgan fingerprint density at radius 2 is 2.11 bits per heavy atom. The minimum atomic E-state index is 0.0287. The van der Waals surface area contributed by atoms with E-state index in [1.54, 1.807) is 13.2 Å². The molecule has 1 aromatic carbocycles. The molecular weight excluding hydrogens is 356 g/mol. The van der Waals surface area contributed by atoms with E-state index >= 15 is 0 Å². The zero-order chi connectivity index (χ0) is 19.4. The van der Waals surface area contributed by atoms with Gasteiger partial charge in [-0.2, -0.15) is 0 Å². The van der Waals surface area contributed by atoms with Crippen LogP contribution in [-0.2, 0) is 19.4 Å². The Kier molecular flexibility index (Phi) is 4.07. The molecule has 2 aromatic rings. The number of rotatable bonds is 3. The summed E-state index contributed by atoms with van der Waals surface area (Å²) in [5, 5.41) is 8.77. The molecule has 3 aliphatic rings. The van der Waals surface area contributed by atoms with Crippen molar-refractivity contribution in [3.05, 3.63) is 34.6 Å². The average molecular weight is 382 g/mol. The summed E-state index contributed by atoms with van der Waals surface area (Å²) in [7, 11) is 1.62. The average Bonchev–Trinajstić information content (AvgIpc) is 3.25. The van der Waals surface area contributed by atoms with Crippen LogP contribution in [0.25, 0.3) is 0 Å². The number of ether oxygens (including phenoxy) is 2. The second kappa shape index (κ2) is 6.50. The lowest BCUT2D eigenvalue weighted by molar-refractivity contribution is 0.0722. The van der Waals surface area contributed by atoms with E-state index in [1.807, 2.05) is 17.9 Å². The number of amides is 1. The second-order valence-corrected chi connectivity index (χ2v) is 8.43. The molecule has 0 spiro atoms. The highest BCUT2D eigenvalue weighted by Crippen LogP contribution is 2.40. The minimum Gasteiger partial charge on any atom is -0.493 e. The highest BCUT2D eigenvalue weighted by molar-refractivity contribution is 5.95. The van der Waals surface area contributed by atoms with Crippen molar-refractivity contribution in [2.75, 3.05) is 13.7 Å². The largest absolute Gasteiger partial charge is 0.493 e. The summed E-state index contributed by atoms with van der Waals surface area (Å²) in [6.07, 6.45) is 3.95. The lowest BCUT2D eigenvalue weighted by Gasteiger charge is -2.35. The van der Waals surface area contributed by atoms with Crippen molar-refractivity contribution < 1.29 is 14.3 Å². The number of aromatic nitrogens is 3. The van der Waals surface area contributed by atoms with E-state index < -0.39 is 0 Å². The van der Waals surface area contributed by atoms with Crippen LogP contribution in [0.5, 0.6) is 11.5 Å². The Morgan fingerprint density at radius 3 is 2.86 bits per heavy atom. The molecule has 0 saturated heterocycles. The van der Waals surface area contributed by atoms with Gasteiger partial charge in [0.25, 0.3) is 5.91 Å². The molecule has 5 rings (SSSR count). The van der Waals surface area contributed by atoms with Gasteiger partial charge in [0.05, 0.1) is 31.1 Å². The van der Waals surface area contributed by atoms with Gasteiger partial charge in [-0.25, -0.2) is 4.68 Å². The number of hydrogen-bond acceptors (Lipinski definition) is 5. The maximum absolute atomic E-state index is 13.3. The van der Waals surface area contributed by atoms with Crippen LogP contribution in [0.1, 0.15) is 60.0 Å². The highest BCUT2D eigenvalue weighted by Gasteiger charge is 2.34. The van der Waals surface area contributed by atoms with Crippen LogP contribution in [0, 0.1) is 5.92 Å². The Labute approximate surface area is 164 Å². The van der Waals surface area contributed by atoms with E-state index in [0.717, 1.165) is 54.3 Å². The summed E-state index contributed by atoms with van der Waals surface area (Å²) in [5.74, 6) is 2.18. The number of fused-ring (bicyclic) bond motifs is 2. The molecule has 1 aliphatic carbocycles. The van der Waals surface area contributed by atoms with Gasteiger partial charge in [-0.15, -0.1) is 5.10 Å². The molecule has 1 aromatic heterocycles. The van der Waals surface area contributed by atoms with Crippen molar-refractivity contribution in [2.24, 2.45) is 5.92 Å². The van der Waals surface area contributed by atoms with E-state index in [9.17, 15) is 4.79 Å². The fraction of sp³-hybridized carbons (Fsp3) is 0.571. The minimum absolute atomic E-state index is 0.0287. The van der Waals surface area contributed by atoms with Gasteiger partial charge in [0, 0.05) is 30.5 Å². The molecule has 0 N–H and O–H groups in total. The van der Waals surface area contributed by atoms with Gasteiger partial charge in [0.2, 0.25) is 0 Å². The zero-order valence-electron chi connectivity index (χ0n) is 16.6. The van der Waals surface area contributed by atoms with Crippen LogP contribution in [0.4, 0.5) is 0 Å². The van der Waals surface area contributed by atoms with Gasteiger partial charge in [0.15, 0.2) is 11.5 Å². The maximum atomic E-state index is 13.3. The first kappa shape index (κ1) is 17.5. The Balaban J connectivity index is 1.40. The van der Waals surface area contributed by atoms with E-state index in [2.05, 4.69) is 21.9 Å². The quantitative estimate of drug-likeness (QED) is 0.816. The van der Waals surface area contributed by atoms with Crippen LogP contribution >= 0.6 is 0 Å². The van der Waals surface area contributed by atoms with Gasteiger partial charge >= 0.3 is 0 Å². The number of carbonyl (C=O) groups excluding carboxylic acids is 1. The first-order valence-electron chi connectivity index (χ1n) is 10.1. The topological polar surface area (TPSA) is 69.5 Å². The zero-order valence-corrected chi connectivity index (χ0v) is 16.6. The van der Waals surface area contributed by atoms with Gasteiger partial charge in [0.1, 0.15) is 6.10 Å². The third-order valence-corrected chi connectivity index (χ3v) is 6.24. The van der Waals surface area contributed by atoms with Crippen molar-refractivity contribution in [1.82, 2.24) is 19.9 Å². The van der Waals surface area contributed by atoms with Crippen LogP contribution in [-0.4, -0.2) is 45.6 Å². The lowest BCUT2D eigenvalue weighted by atomic mass is 9.82. The summed E-state index contributed by atoms with van der Waals surface area (Å²) in [6.45, 7) is 5.53. The normalized spacial score (nSPS) is 25.5. The molecule has 1 amide bonds. The maximum Gasteiger partial charge on any atom is 0.254 e. The first-order chi connectivity index (χ1) is 13.5. The smallest absolute Gasteiger partial charge is 0.254 e. The molecule has 1 saturated carbocycles. The Hall–Kier alpha value is -2.57. The van der Waals surface area contributed by atoms with Crippen molar-refractivity contribution >= 4 is 5.91 Å². The fourth-order valence-corrected chi connectivity index (χ4v) is 4.69. The molecule has 3 heterocycles. The molecule has 2 aliphatic heterocycles. The van der Waals surface area contributed by atoms with Crippen LogP contribution in [0.3, 0.4) is 0 Å². The summed E-state index contributed by atoms with van der Waals surface area (Å²) < 4.78 is 13.4. The standard InChI is InChI=1S/C21H26N4O3/c1-12-6-16(7-12)25-18-11-24(5-4-17(18)22-23-25)21(26)15-9-14-8-13(2)28-20(14)19(10-15)27-3/h9-10,12-13,16H,4-8,11H2,1-3H3. The lowest BCUT2D eigenvalue weighted by Crippen LogP contribution is -2.38. The number of benzene rings is 1. The Morgan fingerprint density at radius 1 is 1.29 bits per heavy atom. The molecule has 148 valence electrons. The first-order valence-corrected chi connectivity index (χ1v) is 10.1. The van der Waals surface area contributed by atoms with Gasteiger partial charge < -0.3 is 14.4 Å². The molecule has 0 radical (unpaired) electrons. The molecule has 7 nitrogen and oxygen atoms in total. The van der Waals surface area contributed by atoms with Crippen LogP contribution in [0.15, 0.2) is 12.1 Å². The van der Waals surface area contributed by atoms with Crippen molar-refractivity contribution in [1.29, 1.82) is 0 Å². The van der Waals surface area contributed by atoms with Crippen molar-refractivity contribution in [3.8, 4) is 11.5 Å². The summed E-state index contributed by atoms with van der Waals surface area (Å²) in [6, 6.07) is 4.19. The molecule has 1 fully saturated rings. The number of carbonyl (C=O) groups is 1. The molecular formula is C21H26N4O3. The predicted octanol–water partition coefficient (Wildman–Crippen LogP) is 2.78. The van der Waals surface area contributed by atoms with Crippen molar-refractivity contribution in [3.63, 3.8) is 0 Å². The summed E-state index contributed by atoms with van der Waals surface area (Å²) >= 11 is 0. The molecule has 28 heavy (non-hydrogen) atoms. The van der Waals surface area contributed by atoms with Crippen molar-refractivity contribution in [2.45, 2.75) is 58.2 Å². The van der Waals surface area contributed by atoms with Gasteiger partial charge in [-0.1, -0.05) is 12.1 Å². The summed E-state index contributed by atoms with van der Waals surface area (Å²) in [5.41, 5.74) is 3.84. The number of nitrogens with zero attached hydrogens (tertiary/aromatic N) is 4.